The van der Waals surface area contributed by atoms with E-state index in [-0.39, 0.29) is 0 Å². The number of pyridine rings is 1. The highest BCUT2D eigenvalue weighted by Gasteiger charge is 2.24. The molecule has 0 aromatic carbocycles. The fourth-order valence-electron chi connectivity index (χ4n) is 2.88. The van der Waals surface area contributed by atoms with Crippen molar-refractivity contribution in [2.75, 3.05) is 11.4 Å². The number of aryl methyl sites for hydroxylation is 1. The Morgan fingerprint density at radius 3 is 2.63 bits per heavy atom. The van der Waals surface area contributed by atoms with Crippen LogP contribution < -0.4 is 10.6 Å². The van der Waals surface area contributed by atoms with E-state index >= 15 is 0 Å². The Hall–Kier alpha value is -1.60. The van der Waals surface area contributed by atoms with E-state index in [1.54, 1.807) is 0 Å². The van der Waals surface area contributed by atoms with Crippen molar-refractivity contribution in [3.05, 3.63) is 23.4 Å². The smallest absolute Gasteiger partial charge is 0.130 e. The monoisotopic (exact) mass is 258 g/mol. The fraction of sp³-hybridized carbons (Fsp3) is 0.600. The van der Waals surface area contributed by atoms with E-state index < -0.39 is 0 Å². The highest BCUT2D eigenvalue weighted by Crippen LogP contribution is 2.26. The molecule has 1 heterocycles. The Bertz CT molecular complexity index is 470. The van der Waals surface area contributed by atoms with Crippen LogP contribution in [0.3, 0.4) is 0 Å². The largest absolute Gasteiger partial charge is 0.354 e. The molecule has 1 fully saturated rings. The predicted molar refractivity (Wildman–Crippen MR) is 76.9 cm³/mol. The molecule has 1 saturated carbocycles. The lowest BCUT2D eigenvalue weighted by atomic mass is 9.90. The molecule has 1 aromatic heterocycles. The molecule has 2 rings (SSSR count). The molecule has 0 radical (unpaired) electrons. The molecule has 0 atom stereocenters. The van der Waals surface area contributed by atoms with Crippen LogP contribution in [0.4, 0.5) is 5.82 Å². The van der Waals surface area contributed by atoms with Gasteiger partial charge in [0.2, 0.25) is 0 Å². The lowest BCUT2D eigenvalue weighted by molar-refractivity contribution is 0.377. The standard InChI is InChI=1S/C15H22N4/c1-3-19(14-6-4-13(17)5-7-14)15-9-12(10-16)8-11(2)18-15/h8-9,13-14H,3-7,17H2,1-2H3. The predicted octanol–water partition coefficient (Wildman–Crippen LogP) is 2.36. The number of hydrogen-bond donors (Lipinski definition) is 1. The Labute approximate surface area is 115 Å². The second kappa shape index (κ2) is 6.03. The number of anilines is 1. The van der Waals surface area contributed by atoms with E-state index in [4.69, 9.17) is 11.0 Å². The van der Waals surface area contributed by atoms with Gasteiger partial charge in [0.1, 0.15) is 5.82 Å². The van der Waals surface area contributed by atoms with Crippen LogP contribution in [-0.4, -0.2) is 23.6 Å². The maximum absolute atomic E-state index is 9.07. The minimum absolute atomic E-state index is 0.357. The number of aromatic nitrogens is 1. The zero-order valence-electron chi connectivity index (χ0n) is 11.8. The van der Waals surface area contributed by atoms with Gasteiger partial charge in [-0.05, 0) is 51.7 Å². The number of nitrogens with zero attached hydrogens (tertiary/aromatic N) is 3. The van der Waals surface area contributed by atoms with Crippen LogP contribution in [0.15, 0.2) is 12.1 Å². The Balaban J connectivity index is 2.22. The summed E-state index contributed by atoms with van der Waals surface area (Å²) in [6, 6.07) is 6.79. The lowest BCUT2D eigenvalue weighted by Crippen LogP contribution is -2.41. The third kappa shape index (κ3) is 3.24. The molecular weight excluding hydrogens is 236 g/mol. The minimum atomic E-state index is 0.357. The molecule has 0 spiro atoms. The molecule has 4 heteroatoms. The second-order valence-corrected chi connectivity index (χ2v) is 5.32. The topological polar surface area (TPSA) is 65.9 Å². The molecule has 0 unspecified atom stereocenters. The SMILES string of the molecule is CCN(c1cc(C#N)cc(C)n1)C1CCC(N)CC1. The van der Waals surface area contributed by atoms with Gasteiger partial charge in [0.25, 0.3) is 0 Å². The van der Waals surface area contributed by atoms with Crippen LogP contribution in [0.25, 0.3) is 0 Å². The molecule has 0 aliphatic heterocycles. The van der Waals surface area contributed by atoms with E-state index in [9.17, 15) is 0 Å². The van der Waals surface area contributed by atoms with Crippen LogP contribution in [0.1, 0.15) is 43.9 Å². The number of rotatable bonds is 3. The summed E-state index contributed by atoms with van der Waals surface area (Å²) in [6.45, 7) is 5.00. The summed E-state index contributed by atoms with van der Waals surface area (Å²) in [5.74, 6) is 0.930. The van der Waals surface area contributed by atoms with Gasteiger partial charge in [-0.3, -0.25) is 0 Å². The molecule has 1 aliphatic carbocycles. The van der Waals surface area contributed by atoms with Gasteiger partial charge < -0.3 is 10.6 Å². The maximum atomic E-state index is 9.07. The summed E-state index contributed by atoms with van der Waals surface area (Å²) in [6.07, 6.45) is 4.40. The van der Waals surface area contributed by atoms with Crippen molar-refractivity contribution in [3.8, 4) is 6.07 Å². The van der Waals surface area contributed by atoms with Crippen molar-refractivity contribution in [1.82, 2.24) is 4.98 Å². The minimum Gasteiger partial charge on any atom is -0.354 e. The molecule has 0 bridgehead atoms. The van der Waals surface area contributed by atoms with E-state index in [0.717, 1.165) is 43.7 Å². The maximum Gasteiger partial charge on any atom is 0.130 e. The Kier molecular flexibility index (Phi) is 4.39. The van der Waals surface area contributed by atoms with E-state index in [0.29, 0.717) is 17.6 Å². The molecule has 4 nitrogen and oxygen atoms in total. The number of nitriles is 1. The summed E-state index contributed by atoms with van der Waals surface area (Å²) in [5.41, 5.74) is 7.56. The highest BCUT2D eigenvalue weighted by molar-refractivity contribution is 5.47. The summed E-state index contributed by atoms with van der Waals surface area (Å²) in [5, 5.41) is 9.07. The zero-order chi connectivity index (χ0) is 13.8. The molecule has 2 N–H and O–H groups in total. The van der Waals surface area contributed by atoms with Crippen molar-refractivity contribution in [2.45, 2.75) is 51.6 Å². The molecule has 1 aliphatic rings. The Morgan fingerprint density at radius 1 is 1.37 bits per heavy atom. The highest BCUT2D eigenvalue weighted by atomic mass is 15.2. The van der Waals surface area contributed by atoms with Crippen molar-refractivity contribution < 1.29 is 0 Å². The van der Waals surface area contributed by atoms with Gasteiger partial charge in [0, 0.05) is 24.3 Å². The van der Waals surface area contributed by atoms with Crippen LogP contribution in [0, 0.1) is 18.3 Å². The van der Waals surface area contributed by atoms with Crippen molar-refractivity contribution >= 4 is 5.82 Å². The summed E-state index contributed by atoms with van der Waals surface area (Å²) in [7, 11) is 0. The molecule has 1 aromatic rings. The molecule has 0 saturated heterocycles. The summed E-state index contributed by atoms with van der Waals surface area (Å²) < 4.78 is 0. The van der Waals surface area contributed by atoms with Crippen molar-refractivity contribution in [3.63, 3.8) is 0 Å². The third-order valence-corrected chi connectivity index (χ3v) is 3.89. The van der Waals surface area contributed by atoms with Crippen LogP contribution >= 0.6 is 0 Å². The second-order valence-electron chi connectivity index (χ2n) is 5.32. The van der Waals surface area contributed by atoms with Crippen LogP contribution in [0.5, 0.6) is 0 Å². The first kappa shape index (κ1) is 13.8. The zero-order valence-corrected chi connectivity index (χ0v) is 11.8. The third-order valence-electron chi connectivity index (χ3n) is 3.89. The normalized spacial score (nSPS) is 22.8. The number of nitrogens with two attached hydrogens (primary N) is 1. The van der Waals surface area contributed by atoms with Gasteiger partial charge in [-0.15, -0.1) is 0 Å². The molecule has 19 heavy (non-hydrogen) atoms. The molecule has 0 amide bonds. The van der Waals surface area contributed by atoms with Gasteiger partial charge >= 0.3 is 0 Å². The van der Waals surface area contributed by atoms with Gasteiger partial charge in [0.15, 0.2) is 0 Å². The summed E-state index contributed by atoms with van der Waals surface area (Å²) in [4.78, 5) is 6.91. The fourth-order valence-corrected chi connectivity index (χ4v) is 2.88. The number of hydrogen-bond acceptors (Lipinski definition) is 4. The van der Waals surface area contributed by atoms with Gasteiger partial charge in [-0.1, -0.05) is 0 Å². The van der Waals surface area contributed by atoms with Gasteiger partial charge in [0.05, 0.1) is 11.6 Å². The quantitative estimate of drug-likeness (QED) is 0.903. The van der Waals surface area contributed by atoms with Crippen LogP contribution in [0.2, 0.25) is 0 Å². The first-order valence-corrected chi connectivity index (χ1v) is 7.05. The Morgan fingerprint density at radius 2 is 2.05 bits per heavy atom. The van der Waals surface area contributed by atoms with E-state index in [1.165, 1.54) is 0 Å². The average molecular weight is 258 g/mol. The van der Waals surface area contributed by atoms with E-state index in [2.05, 4.69) is 22.9 Å². The van der Waals surface area contributed by atoms with Crippen LogP contribution in [-0.2, 0) is 0 Å². The van der Waals surface area contributed by atoms with E-state index in [1.807, 2.05) is 19.1 Å². The van der Waals surface area contributed by atoms with Gasteiger partial charge in [-0.25, -0.2) is 4.98 Å². The lowest BCUT2D eigenvalue weighted by Gasteiger charge is -2.36. The molecular formula is C15H22N4. The van der Waals surface area contributed by atoms with Crippen molar-refractivity contribution in [1.29, 1.82) is 5.26 Å². The molecule has 102 valence electrons. The van der Waals surface area contributed by atoms with Crippen molar-refractivity contribution in [2.24, 2.45) is 5.73 Å². The van der Waals surface area contributed by atoms with Gasteiger partial charge in [-0.2, -0.15) is 5.26 Å². The first-order valence-electron chi connectivity index (χ1n) is 7.05. The average Bonchev–Trinajstić information content (AvgIpc) is 2.41. The summed E-state index contributed by atoms with van der Waals surface area (Å²) >= 11 is 0. The first-order chi connectivity index (χ1) is 9.13.